The molecule has 0 heterocycles. The van der Waals surface area contributed by atoms with Crippen LogP contribution in [0.4, 0.5) is 0 Å². The van der Waals surface area contributed by atoms with Gasteiger partial charge in [-0.3, -0.25) is 4.55 Å². The van der Waals surface area contributed by atoms with Crippen molar-refractivity contribution in [3.05, 3.63) is 0 Å². The van der Waals surface area contributed by atoms with Crippen molar-refractivity contribution in [2.75, 3.05) is 25.9 Å². The molecule has 0 atom stereocenters. The molecule has 0 aromatic heterocycles. The van der Waals surface area contributed by atoms with Gasteiger partial charge in [-0.1, -0.05) is 90.4 Å². The number of hydrogen-bond donors (Lipinski definition) is 1. The topological polar surface area (TPSA) is 57.6 Å². The van der Waals surface area contributed by atoms with Crippen molar-refractivity contribution < 1.29 is 13.0 Å². The molecule has 6 heteroatoms. The van der Waals surface area contributed by atoms with Crippen LogP contribution < -0.4 is 0 Å². The van der Waals surface area contributed by atoms with Crippen molar-refractivity contribution in [1.29, 1.82) is 0 Å². The summed E-state index contributed by atoms with van der Waals surface area (Å²) in [4.78, 5) is 1.98. The molecule has 0 saturated heterocycles. The average Bonchev–Trinajstić information content (AvgIpc) is 2.52. The van der Waals surface area contributed by atoms with Crippen LogP contribution in [0.3, 0.4) is 0 Å². The van der Waals surface area contributed by atoms with Gasteiger partial charge in [0, 0.05) is 6.54 Å². The van der Waals surface area contributed by atoms with Gasteiger partial charge in [-0.2, -0.15) is 8.42 Å². The van der Waals surface area contributed by atoms with Gasteiger partial charge in [0.05, 0.1) is 5.75 Å². The Kier molecular flexibility index (Phi) is 22.0. The van der Waals surface area contributed by atoms with Gasteiger partial charge in [0.15, 0.2) is 0 Å². The Morgan fingerprint density at radius 3 is 1.40 bits per heavy atom. The zero-order chi connectivity index (χ0) is 18.1. The van der Waals surface area contributed by atoms with Gasteiger partial charge in [-0.15, -0.1) is 0 Å². The van der Waals surface area contributed by atoms with Crippen LogP contribution in [0.5, 0.6) is 0 Å². The minimum atomic E-state index is -3.82. The van der Waals surface area contributed by atoms with Crippen LogP contribution in [0.15, 0.2) is 0 Å². The van der Waals surface area contributed by atoms with E-state index < -0.39 is 10.1 Å². The summed E-state index contributed by atoms with van der Waals surface area (Å²) in [6.45, 7) is 3.59. The SMILES string of the molecule is CCCCCCCCCCCCCCCCN(C)CCS(=O)(=O)O.[NaH]. The summed E-state index contributed by atoms with van der Waals surface area (Å²) in [6.07, 6.45) is 18.9. The van der Waals surface area contributed by atoms with E-state index in [-0.39, 0.29) is 35.3 Å². The molecule has 0 fully saturated rings. The molecule has 0 rings (SSSR count). The van der Waals surface area contributed by atoms with Gasteiger partial charge < -0.3 is 4.90 Å². The quantitative estimate of drug-likeness (QED) is 0.211. The minimum absolute atomic E-state index is 0. The number of hydrogen-bond acceptors (Lipinski definition) is 3. The molecule has 0 aromatic carbocycles. The fraction of sp³-hybridized carbons (Fsp3) is 1.00. The van der Waals surface area contributed by atoms with E-state index in [1.807, 2.05) is 11.9 Å². The molecular formula is C19H42NNaO3S. The van der Waals surface area contributed by atoms with E-state index >= 15 is 0 Å². The van der Waals surface area contributed by atoms with Crippen molar-refractivity contribution in [1.82, 2.24) is 4.90 Å². The first kappa shape index (κ1) is 28.1. The normalized spacial score (nSPS) is 11.7. The zero-order valence-electron chi connectivity index (χ0n) is 16.1. The summed E-state index contributed by atoms with van der Waals surface area (Å²) in [6, 6.07) is 0. The van der Waals surface area contributed by atoms with E-state index in [9.17, 15) is 8.42 Å². The van der Waals surface area contributed by atoms with Crippen LogP contribution in [-0.4, -0.2) is 73.3 Å². The summed E-state index contributed by atoms with van der Waals surface area (Å²) in [7, 11) is -1.91. The van der Waals surface area contributed by atoms with Crippen molar-refractivity contribution in [2.45, 2.75) is 96.8 Å². The molecule has 0 bridgehead atoms. The standard InChI is InChI=1S/C19H41NO3S.Na.H/c1-3-4-5-6-7-8-9-10-11-12-13-14-15-16-17-20(2)18-19-24(21,22)23;;/h3-19H2,1-2H3,(H,21,22,23);;. The Labute approximate surface area is 179 Å². The Morgan fingerprint density at radius 1 is 0.680 bits per heavy atom. The van der Waals surface area contributed by atoms with Gasteiger partial charge >= 0.3 is 29.6 Å². The van der Waals surface area contributed by atoms with E-state index in [1.165, 1.54) is 83.5 Å². The molecule has 0 radical (unpaired) electrons. The van der Waals surface area contributed by atoms with Gasteiger partial charge in [0.1, 0.15) is 0 Å². The Bertz CT molecular complexity index is 364. The third-order valence-electron chi connectivity index (χ3n) is 4.62. The average molecular weight is 388 g/mol. The Hall–Kier alpha value is 0.870. The Morgan fingerprint density at radius 2 is 1.04 bits per heavy atom. The molecule has 0 amide bonds. The van der Waals surface area contributed by atoms with Crippen LogP contribution in [0.25, 0.3) is 0 Å². The van der Waals surface area contributed by atoms with E-state index in [0.717, 1.165) is 13.0 Å². The summed E-state index contributed by atoms with van der Waals surface area (Å²) in [5, 5.41) is 0. The molecule has 0 aromatic rings. The van der Waals surface area contributed by atoms with Crippen molar-refractivity contribution in [2.24, 2.45) is 0 Å². The van der Waals surface area contributed by atoms with E-state index in [0.29, 0.717) is 6.54 Å². The Balaban J connectivity index is 0. The summed E-state index contributed by atoms with van der Waals surface area (Å²) in [5.74, 6) is -0.165. The van der Waals surface area contributed by atoms with Crippen molar-refractivity contribution in [3.8, 4) is 0 Å². The van der Waals surface area contributed by atoms with Gasteiger partial charge in [-0.25, -0.2) is 0 Å². The van der Waals surface area contributed by atoms with E-state index in [4.69, 9.17) is 4.55 Å². The zero-order valence-corrected chi connectivity index (χ0v) is 17.0. The van der Waals surface area contributed by atoms with E-state index in [2.05, 4.69) is 6.92 Å². The molecule has 1 N–H and O–H groups in total. The molecule has 0 saturated carbocycles. The van der Waals surface area contributed by atoms with Crippen LogP contribution in [0.2, 0.25) is 0 Å². The molecule has 25 heavy (non-hydrogen) atoms. The second-order valence-corrected chi connectivity index (χ2v) is 8.76. The second-order valence-electron chi connectivity index (χ2n) is 7.19. The first-order valence-corrected chi connectivity index (χ1v) is 11.7. The summed E-state index contributed by atoms with van der Waals surface area (Å²) >= 11 is 0. The van der Waals surface area contributed by atoms with Crippen LogP contribution in [0.1, 0.15) is 96.8 Å². The van der Waals surface area contributed by atoms with Crippen LogP contribution >= 0.6 is 0 Å². The molecule has 0 unspecified atom stereocenters. The van der Waals surface area contributed by atoms with Gasteiger partial charge in [0.2, 0.25) is 0 Å². The molecule has 148 valence electrons. The third-order valence-corrected chi connectivity index (χ3v) is 5.32. The van der Waals surface area contributed by atoms with Crippen LogP contribution in [-0.2, 0) is 10.1 Å². The predicted octanol–water partition coefficient (Wildman–Crippen LogP) is 4.64. The maximum absolute atomic E-state index is 10.7. The first-order chi connectivity index (χ1) is 11.5. The fourth-order valence-corrected chi connectivity index (χ4v) is 3.50. The molecule has 0 spiro atoms. The summed E-state index contributed by atoms with van der Waals surface area (Å²) < 4.78 is 30.0. The first-order valence-electron chi connectivity index (χ1n) is 10.1. The van der Waals surface area contributed by atoms with E-state index in [1.54, 1.807) is 0 Å². The third kappa shape index (κ3) is 24.9. The molecular weight excluding hydrogens is 345 g/mol. The molecule has 0 aliphatic rings. The summed E-state index contributed by atoms with van der Waals surface area (Å²) in [5.41, 5.74) is 0. The molecule has 4 nitrogen and oxygen atoms in total. The van der Waals surface area contributed by atoms with Gasteiger partial charge in [-0.05, 0) is 20.0 Å². The monoisotopic (exact) mass is 387 g/mol. The van der Waals surface area contributed by atoms with Crippen molar-refractivity contribution >= 4 is 39.7 Å². The van der Waals surface area contributed by atoms with Crippen molar-refractivity contribution in [3.63, 3.8) is 0 Å². The maximum atomic E-state index is 10.7. The predicted molar refractivity (Wildman–Crippen MR) is 111 cm³/mol. The second kappa shape index (κ2) is 19.6. The number of nitrogens with zero attached hydrogens (tertiary/aromatic N) is 1. The fourth-order valence-electron chi connectivity index (χ4n) is 2.96. The molecule has 0 aliphatic heterocycles. The number of rotatable bonds is 18. The van der Waals surface area contributed by atoms with Crippen LogP contribution in [0, 0.1) is 0 Å². The molecule has 0 aliphatic carbocycles. The number of unbranched alkanes of at least 4 members (excludes halogenated alkanes) is 13. The van der Waals surface area contributed by atoms with Gasteiger partial charge in [0.25, 0.3) is 10.1 Å².